The molecule has 0 aromatic heterocycles. The van der Waals surface area contributed by atoms with Gasteiger partial charge in [0.05, 0.1) is 0 Å². The maximum atomic E-state index is 9.53. The van der Waals surface area contributed by atoms with Gasteiger partial charge in [0.25, 0.3) is 0 Å². The second-order valence-electron chi connectivity index (χ2n) is 3.14. The lowest BCUT2D eigenvalue weighted by atomic mass is 10.2. The molecule has 0 fully saturated rings. The van der Waals surface area contributed by atoms with Crippen molar-refractivity contribution in [1.82, 2.24) is 5.32 Å². The zero-order chi connectivity index (χ0) is 10.6. The quantitative estimate of drug-likeness (QED) is 0.751. The number of phenols is 1. The Balaban J connectivity index is 2.71. The zero-order valence-electron chi connectivity index (χ0n) is 8.13. The molecule has 1 atom stereocenters. The maximum absolute atomic E-state index is 9.53. The molecule has 3 heteroatoms. The molecule has 0 aliphatic carbocycles. The second-order valence-corrected chi connectivity index (χ2v) is 3.55. The largest absolute Gasteiger partial charge is 0.508 e. The first-order valence-corrected chi connectivity index (χ1v) is 4.85. The van der Waals surface area contributed by atoms with Crippen LogP contribution in [0.4, 0.5) is 0 Å². The molecule has 0 aliphatic rings. The van der Waals surface area contributed by atoms with Gasteiger partial charge in [-0.1, -0.05) is 23.7 Å². The van der Waals surface area contributed by atoms with E-state index >= 15 is 0 Å². The van der Waals surface area contributed by atoms with E-state index in [-0.39, 0.29) is 11.8 Å². The van der Waals surface area contributed by atoms with Crippen LogP contribution in [0.5, 0.6) is 5.75 Å². The number of hydrogen-bond acceptors (Lipinski definition) is 2. The molecule has 1 aromatic rings. The minimum absolute atomic E-state index is 0.200. The molecule has 0 aliphatic heterocycles. The minimum Gasteiger partial charge on any atom is -0.508 e. The summed E-state index contributed by atoms with van der Waals surface area (Å²) in [6, 6.07) is 5.31. The predicted molar refractivity (Wildman–Crippen MR) is 59.6 cm³/mol. The van der Waals surface area contributed by atoms with Crippen molar-refractivity contribution in [3.8, 4) is 5.75 Å². The van der Waals surface area contributed by atoms with Crippen LogP contribution in [0.2, 0.25) is 5.02 Å². The Morgan fingerprint density at radius 3 is 2.93 bits per heavy atom. The van der Waals surface area contributed by atoms with Crippen molar-refractivity contribution in [2.24, 2.45) is 0 Å². The van der Waals surface area contributed by atoms with Gasteiger partial charge in [0, 0.05) is 23.2 Å². The fourth-order valence-electron chi connectivity index (χ4n) is 1.07. The first kappa shape index (κ1) is 11.1. The lowest BCUT2D eigenvalue weighted by Crippen LogP contribution is -2.23. The van der Waals surface area contributed by atoms with E-state index in [1.165, 1.54) is 0 Å². The van der Waals surface area contributed by atoms with Crippen LogP contribution in [0.1, 0.15) is 12.5 Å². The van der Waals surface area contributed by atoms with Gasteiger partial charge < -0.3 is 10.4 Å². The van der Waals surface area contributed by atoms with Gasteiger partial charge in [-0.25, -0.2) is 0 Å². The average molecular weight is 212 g/mol. The number of aromatic hydroxyl groups is 1. The summed E-state index contributed by atoms with van der Waals surface area (Å²) in [5.74, 6) is 0.223. The monoisotopic (exact) mass is 211 g/mol. The normalized spacial score (nSPS) is 12.4. The van der Waals surface area contributed by atoms with Crippen LogP contribution >= 0.6 is 11.6 Å². The number of halogens is 1. The van der Waals surface area contributed by atoms with E-state index < -0.39 is 0 Å². The number of benzene rings is 1. The van der Waals surface area contributed by atoms with Crippen LogP contribution in [0.3, 0.4) is 0 Å². The van der Waals surface area contributed by atoms with Crippen molar-refractivity contribution < 1.29 is 5.11 Å². The Hall–Kier alpha value is -0.990. The van der Waals surface area contributed by atoms with Gasteiger partial charge in [0.15, 0.2) is 0 Å². The van der Waals surface area contributed by atoms with Crippen molar-refractivity contribution in [3.05, 3.63) is 41.4 Å². The first-order chi connectivity index (χ1) is 6.65. The second kappa shape index (κ2) is 5.03. The maximum Gasteiger partial charge on any atom is 0.121 e. The van der Waals surface area contributed by atoms with E-state index in [2.05, 4.69) is 11.9 Å². The number of hydrogen-bond donors (Lipinski definition) is 2. The van der Waals surface area contributed by atoms with E-state index in [0.29, 0.717) is 11.6 Å². The summed E-state index contributed by atoms with van der Waals surface area (Å²) in [6.07, 6.45) is 1.80. The van der Waals surface area contributed by atoms with E-state index in [1.54, 1.807) is 24.3 Å². The van der Waals surface area contributed by atoms with Crippen LogP contribution < -0.4 is 5.32 Å². The van der Waals surface area contributed by atoms with Gasteiger partial charge in [-0.3, -0.25) is 0 Å². The molecule has 0 saturated carbocycles. The highest BCUT2D eigenvalue weighted by Crippen LogP contribution is 2.24. The Bertz CT molecular complexity index is 305. The molecule has 14 heavy (non-hydrogen) atoms. The van der Waals surface area contributed by atoms with Crippen LogP contribution in [0.25, 0.3) is 0 Å². The Labute approximate surface area is 89.2 Å². The number of nitrogens with one attached hydrogen (secondary N) is 1. The fraction of sp³-hybridized carbons (Fsp3) is 0.273. The third kappa shape index (κ3) is 2.76. The summed E-state index contributed by atoms with van der Waals surface area (Å²) in [4.78, 5) is 0. The molecule has 0 bridgehead atoms. The first-order valence-electron chi connectivity index (χ1n) is 4.47. The van der Waals surface area contributed by atoms with Gasteiger partial charge in [-0.15, -0.1) is 6.58 Å². The van der Waals surface area contributed by atoms with Gasteiger partial charge in [-0.05, 0) is 19.1 Å². The molecule has 1 rings (SSSR count). The van der Waals surface area contributed by atoms with Crippen molar-refractivity contribution in [1.29, 1.82) is 0 Å². The third-order valence-electron chi connectivity index (χ3n) is 2.05. The highest BCUT2D eigenvalue weighted by atomic mass is 35.5. The van der Waals surface area contributed by atoms with Gasteiger partial charge in [0.1, 0.15) is 5.75 Å². The van der Waals surface area contributed by atoms with Gasteiger partial charge in [0.2, 0.25) is 0 Å². The topological polar surface area (TPSA) is 32.3 Å². The fourth-order valence-corrected chi connectivity index (χ4v) is 1.31. The molecule has 2 N–H and O–H groups in total. The highest BCUT2D eigenvalue weighted by Gasteiger charge is 2.05. The Morgan fingerprint density at radius 1 is 1.64 bits per heavy atom. The van der Waals surface area contributed by atoms with Crippen LogP contribution in [0.15, 0.2) is 30.9 Å². The van der Waals surface area contributed by atoms with E-state index in [1.807, 2.05) is 6.92 Å². The molecule has 0 spiro atoms. The lowest BCUT2D eigenvalue weighted by Gasteiger charge is -2.11. The predicted octanol–water partition coefficient (Wildman–Crippen LogP) is 2.71. The van der Waals surface area contributed by atoms with Crippen molar-refractivity contribution in [2.75, 3.05) is 0 Å². The smallest absolute Gasteiger partial charge is 0.121 e. The highest BCUT2D eigenvalue weighted by molar-refractivity contribution is 6.31. The zero-order valence-corrected chi connectivity index (χ0v) is 8.88. The van der Waals surface area contributed by atoms with E-state index in [9.17, 15) is 5.11 Å². The third-order valence-corrected chi connectivity index (χ3v) is 2.40. The molecule has 0 amide bonds. The molecule has 0 saturated heterocycles. The summed E-state index contributed by atoms with van der Waals surface area (Å²) < 4.78 is 0. The van der Waals surface area contributed by atoms with Crippen LogP contribution in [-0.4, -0.2) is 11.1 Å². The SMILES string of the molecule is C=CC(C)NCc1c(O)cccc1Cl. The summed E-state index contributed by atoms with van der Waals surface area (Å²) >= 11 is 5.93. The van der Waals surface area contributed by atoms with Crippen molar-refractivity contribution >= 4 is 11.6 Å². The summed E-state index contributed by atoms with van der Waals surface area (Å²) in [6.45, 7) is 6.19. The Morgan fingerprint density at radius 2 is 2.36 bits per heavy atom. The molecule has 0 radical (unpaired) electrons. The minimum atomic E-state index is 0.200. The summed E-state index contributed by atoms with van der Waals surface area (Å²) in [5, 5.41) is 13.3. The van der Waals surface area contributed by atoms with Crippen LogP contribution in [0, 0.1) is 0 Å². The van der Waals surface area contributed by atoms with Crippen molar-refractivity contribution in [2.45, 2.75) is 19.5 Å². The molecule has 1 unspecified atom stereocenters. The van der Waals surface area contributed by atoms with Crippen molar-refractivity contribution in [3.63, 3.8) is 0 Å². The number of phenolic OH excluding ortho intramolecular Hbond substituents is 1. The van der Waals surface area contributed by atoms with E-state index in [0.717, 1.165) is 5.56 Å². The van der Waals surface area contributed by atoms with Gasteiger partial charge >= 0.3 is 0 Å². The summed E-state index contributed by atoms with van der Waals surface area (Å²) in [5.41, 5.74) is 0.725. The number of rotatable bonds is 4. The molecular formula is C11H14ClNO. The van der Waals surface area contributed by atoms with Gasteiger partial charge in [-0.2, -0.15) is 0 Å². The molecular weight excluding hydrogens is 198 g/mol. The standard InChI is InChI=1S/C11H14ClNO/c1-3-8(2)13-7-9-10(12)5-4-6-11(9)14/h3-6,8,13-14H,1,7H2,2H3. The molecule has 0 heterocycles. The van der Waals surface area contributed by atoms with Crippen LogP contribution in [-0.2, 0) is 6.54 Å². The molecule has 2 nitrogen and oxygen atoms in total. The van der Waals surface area contributed by atoms with E-state index in [4.69, 9.17) is 11.6 Å². The Kier molecular flexibility index (Phi) is 3.98. The molecule has 1 aromatic carbocycles. The lowest BCUT2D eigenvalue weighted by molar-refractivity contribution is 0.463. The average Bonchev–Trinajstić information content (AvgIpc) is 2.16. The summed E-state index contributed by atoms with van der Waals surface area (Å²) in [7, 11) is 0. The molecule has 76 valence electrons.